The van der Waals surface area contributed by atoms with Gasteiger partial charge in [0.2, 0.25) is 5.91 Å². The van der Waals surface area contributed by atoms with E-state index < -0.39 is 5.41 Å². The van der Waals surface area contributed by atoms with Crippen molar-refractivity contribution >= 4 is 22.5 Å². The van der Waals surface area contributed by atoms with Crippen molar-refractivity contribution in [1.29, 1.82) is 0 Å². The number of piperidine rings is 1. The van der Waals surface area contributed by atoms with E-state index in [-0.39, 0.29) is 5.91 Å². The van der Waals surface area contributed by atoms with E-state index in [1.165, 1.54) is 0 Å². The Balaban J connectivity index is 1.85. The number of nitrogens with one attached hydrogen (secondary N) is 3. The predicted octanol–water partition coefficient (Wildman–Crippen LogP) is 2.12. The van der Waals surface area contributed by atoms with Gasteiger partial charge in [-0.1, -0.05) is 6.07 Å². The molecule has 0 spiro atoms. The first-order valence-corrected chi connectivity index (χ1v) is 7.32. The number of fused-ring (bicyclic) bond motifs is 1. The summed E-state index contributed by atoms with van der Waals surface area (Å²) in [5, 5.41) is 7.44. The lowest BCUT2D eigenvalue weighted by molar-refractivity contribution is -0.130. The van der Waals surface area contributed by atoms with E-state index >= 15 is 0 Å². The highest BCUT2D eigenvalue weighted by molar-refractivity contribution is 6.03. The SMILES string of the molecule is COCC1(C(=O)Nc2cccc3[nH]ccc23)CCNCC1. The van der Waals surface area contributed by atoms with Gasteiger partial charge in [0.05, 0.1) is 17.7 Å². The number of benzene rings is 1. The number of aromatic amines is 1. The summed E-state index contributed by atoms with van der Waals surface area (Å²) in [5.74, 6) is 0.0551. The van der Waals surface area contributed by atoms with Gasteiger partial charge < -0.3 is 20.4 Å². The lowest BCUT2D eigenvalue weighted by Gasteiger charge is -2.35. The molecule has 112 valence electrons. The molecule has 3 rings (SSSR count). The third kappa shape index (κ3) is 2.66. The van der Waals surface area contributed by atoms with Crippen molar-refractivity contribution in [2.45, 2.75) is 12.8 Å². The number of hydrogen-bond acceptors (Lipinski definition) is 3. The number of amides is 1. The fraction of sp³-hybridized carbons (Fsp3) is 0.438. The molecule has 0 unspecified atom stereocenters. The second kappa shape index (κ2) is 5.87. The molecule has 21 heavy (non-hydrogen) atoms. The van der Waals surface area contributed by atoms with Gasteiger partial charge in [-0.25, -0.2) is 0 Å². The highest BCUT2D eigenvalue weighted by Gasteiger charge is 2.39. The molecule has 5 nitrogen and oxygen atoms in total. The molecule has 0 atom stereocenters. The Hall–Kier alpha value is -1.85. The summed E-state index contributed by atoms with van der Waals surface area (Å²) in [5.41, 5.74) is 1.45. The molecular formula is C16H21N3O2. The van der Waals surface area contributed by atoms with E-state index in [0.717, 1.165) is 42.5 Å². The molecule has 0 bridgehead atoms. The largest absolute Gasteiger partial charge is 0.384 e. The Kier molecular flexibility index (Phi) is 3.94. The summed E-state index contributed by atoms with van der Waals surface area (Å²) in [7, 11) is 1.66. The number of carbonyl (C=O) groups is 1. The number of methoxy groups -OCH3 is 1. The first-order chi connectivity index (χ1) is 10.2. The number of carbonyl (C=O) groups excluding carboxylic acids is 1. The summed E-state index contributed by atoms with van der Waals surface area (Å²) in [6, 6.07) is 7.87. The van der Waals surface area contributed by atoms with E-state index in [0.29, 0.717) is 6.61 Å². The molecule has 0 radical (unpaired) electrons. The first-order valence-electron chi connectivity index (χ1n) is 7.32. The topological polar surface area (TPSA) is 66.1 Å². The Bertz CT molecular complexity index is 624. The number of H-pyrrole nitrogens is 1. The molecule has 2 aromatic rings. The monoisotopic (exact) mass is 287 g/mol. The van der Waals surface area contributed by atoms with Crippen molar-refractivity contribution in [2.24, 2.45) is 5.41 Å². The van der Waals surface area contributed by atoms with Crippen LogP contribution < -0.4 is 10.6 Å². The molecule has 5 heteroatoms. The van der Waals surface area contributed by atoms with Gasteiger partial charge >= 0.3 is 0 Å². The number of aromatic nitrogens is 1. The molecule has 1 saturated heterocycles. The number of ether oxygens (including phenoxy) is 1. The number of rotatable bonds is 4. The molecule has 1 amide bonds. The van der Waals surface area contributed by atoms with Crippen LogP contribution >= 0.6 is 0 Å². The Morgan fingerprint density at radius 2 is 2.14 bits per heavy atom. The van der Waals surface area contributed by atoms with Crippen LogP contribution in [0.5, 0.6) is 0 Å². The van der Waals surface area contributed by atoms with Gasteiger partial charge in [-0.15, -0.1) is 0 Å². The van der Waals surface area contributed by atoms with Crippen molar-refractivity contribution in [2.75, 3.05) is 32.1 Å². The average Bonchev–Trinajstić information content (AvgIpc) is 2.98. The van der Waals surface area contributed by atoms with Gasteiger partial charge in [-0.3, -0.25) is 4.79 Å². The minimum absolute atomic E-state index is 0.0551. The third-order valence-corrected chi connectivity index (χ3v) is 4.31. The molecule has 3 N–H and O–H groups in total. The van der Waals surface area contributed by atoms with E-state index in [1.54, 1.807) is 7.11 Å². The Labute approximate surface area is 124 Å². The fourth-order valence-electron chi connectivity index (χ4n) is 3.07. The van der Waals surface area contributed by atoms with Crippen molar-refractivity contribution in [3.63, 3.8) is 0 Å². The molecule has 0 aliphatic carbocycles. The highest BCUT2D eigenvalue weighted by Crippen LogP contribution is 2.32. The van der Waals surface area contributed by atoms with Gasteiger partial charge in [-0.2, -0.15) is 0 Å². The summed E-state index contributed by atoms with van der Waals surface area (Å²) in [6.07, 6.45) is 3.49. The van der Waals surface area contributed by atoms with Gasteiger partial charge in [-0.05, 0) is 44.1 Å². The highest BCUT2D eigenvalue weighted by atomic mass is 16.5. The van der Waals surface area contributed by atoms with Crippen molar-refractivity contribution in [1.82, 2.24) is 10.3 Å². The number of anilines is 1. The van der Waals surface area contributed by atoms with E-state index in [4.69, 9.17) is 4.74 Å². The van der Waals surface area contributed by atoms with E-state index in [2.05, 4.69) is 15.6 Å². The normalized spacial score (nSPS) is 17.8. The standard InChI is InChI=1S/C16H21N3O2/c1-21-11-16(6-9-17-10-7-16)15(20)19-14-4-2-3-13-12(14)5-8-18-13/h2-5,8,17-18H,6-7,9-11H2,1H3,(H,19,20). The smallest absolute Gasteiger partial charge is 0.233 e. The van der Waals surface area contributed by atoms with Gasteiger partial charge in [0.1, 0.15) is 0 Å². The zero-order valence-corrected chi connectivity index (χ0v) is 12.2. The van der Waals surface area contributed by atoms with Crippen LogP contribution in [0.15, 0.2) is 30.5 Å². The van der Waals surface area contributed by atoms with Crippen LogP contribution in [0.2, 0.25) is 0 Å². The predicted molar refractivity (Wildman–Crippen MR) is 83.3 cm³/mol. The molecule has 1 aromatic heterocycles. The van der Waals surface area contributed by atoms with Crippen LogP contribution in [0.1, 0.15) is 12.8 Å². The lowest BCUT2D eigenvalue weighted by Crippen LogP contribution is -2.47. The minimum Gasteiger partial charge on any atom is -0.384 e. The second-order valence-electron chi connectivity index (χ2n) is 5.66. The van der Waals surface area contributed by atoms with Crippen molar-refractivity contribution in [3.05, 3.63) is 30.5 Å². The zero-order chi connectivity index (χ0) is 14.7. The summed E-state index contributed by atoms with van der Waals surface area (Å²) >= 11 is 0. The van der Waals surface area contributed by atoms with Crippen LogP contribution in [0, 0.1) is 5.41 Å². The fourth-order valence-corrected chi connectivity index (χ4v) is 3.07. The van der Waals surface area contributed by atoms with Crippen molar-refractivity contribution in [3.8, 4) is 0 Å². The molecule has 1 aliphatic heterocycles. The molecule has 0 saturated carbocycles. The Morgan fingerprint density at radius 1 is 1.33 bits per heavy atom. The van der Waals surface area contributed by atoms with Crippen LogP contribution in [-0.4, -0.2) is 37.7 Å². The maximum Gasteiger partial charge on any atom is 0.233 e. The number of hydrogen-bond donors (Lipinski definition) is 3. The van der Waals surface area contributed by atoms with Crippen LogP contribution in [0.25, 0.3) is 10.9 Å². The maximum atomic E-state index is 12.8. The molecular weight excluding hydrogens is 266 g/mol. The minimum atomic E-state index is -0.432. The van der Waals surface area contributed by atoms with Gasteiger partial charge in [0, 0.05) is 24.2 Å². The van der Waals surface area contributed by atoms with Crippen LogP contribution in [0.4, 0.5) is 5.69 Å². The zero-order valence-electron chi connectivity index (χ0n) is 12.2. The van der Waals surface area contributed by atoms with Gasteiger partial charge in [0.15, 0.2) is 0 Å². The second-order valence-corrected chi connectivity index (χ2v) is 5.66. The Morgan fingerprint density at radius 3 is 2.90 bits per heavy atom. The molecule has 1 aromatic carbocycles. The summed E-state index contributed by atoms with van der Waals surface area (Å²) in [6.45, 7) is 2.17. The van der Waals surface area contributed by atoms with E-state index in [1.807, 2.05) is 30.5 Å². The van der Waals surface area contributed by atoms with E-state index in [9.17, 15) is 4.79 Å². The first kappa shape index (κ1) is 14.1. The molecule has 1 aliphatic rings. The van der Waals surface area contributed by atoms with Crippen molar-refractivity contribution < 1.29 is 9.53 Å². The van der Waals surface area contributed by atoms with Gasteiger partial charge in [0.25, 0.3) is 0 Å². The third-order valence-electron chi connectivity index (χ3n) is 4.31. The average molecular weight is 287 g/mol. The summed E-state index contributed by atoms with van der Waals surface area (Å²) < 4.78 is 5.32. The molecule has 1 fully saturated rings. The maximum absolute atomic E-state index is 12.8. The molecule has 2 heterocycles. The van der Waals surface area contributed by atoms with Crippen LogP contribution in [-0.2, 0) is 9.53 Å². The summed E-state index contributed by atoms with van der Waals surface area (Å²) in [4.78, 5) is 16.0. The van der Waals surface area contributed by atoms with Crippen LogP contribution in [0.3, 0.4) is 0 Å². The quantitative estimate of drug-likeness (QED) is 0.807. The lowest BCUT2D eigenvalue weighted by atomic mass is 9.78.